The zero-order valence-corrected chi connectivity index (χ0v) is 16.2. The number of nitrogens with two attached hydrogens (primary N) is 1. The molecule has 0 amide bonds. The zero-order valence-electron chi connectivity index (χ0n) is 16.2. The summed E-state index contributed by atoms with van der Waals surface area (Å²) in [5, 5.41) is 17.0. The molecule has 1 heterocycles. The number of anilines is 1. The van der Waals surface area contributed by atoms with E-state index in [2.05, 4.69) is 10.3 Å². The van der Waals surface area contributed by atoms with Gasteiger partial charge < -0.3 is 20.3 Å². The summed E-state index contributed by atoms with van der Waals surface area (Å²) < 4.78 is 11.6. The molecule has 3 rings (SSSR count). The molecule has 0 saturated heterocycles. The molecule has 0 bridgehead atoms. The van der Waals surface area contributed by atoms with Crippen LogP contribution in [0.1, 0.15) is 37.7 Å². The Balaban J connectivity index is 2.06. The van der Waals surface area contributed by atoms with E-state index in [4.69, 9.17) is 15.2 Å². The van der Waals surface area contributed by atoms with Crippen molar-refractivity contribution < 1.29 is 24.2 Å². The minimum Gasteiger partial charge on any atom is -0.497 e. The van der Waals surface area contributed by atoms with Crippen LogP contribution in [0.3, 0.4) is 0 Å². The lowest BCUT2D eigenvalue weighted by atomic mass is 10.0. The number of rotatable bonds is 7. The highest BCUT2D eigenvalue weighted by molar-refractivity contribution is 6.15. The van der Waals surface area contributed by atoms with Crippen LogP contribution in [-0.4, -0.2) is 46.1 Å². The number of carbonyl (C=O) groups excluding carboxylic acids is 1. The van der Waals surface area contributed by atoms with Crippen molar-refractivity contribution >= 4 is 17.4 Å². The van der Waals surface area contributed by atoms with Gasteiger partial charge in [-0.15, -0.1) is 5.10 Å². The second-order valence-corrected chi connectivity index (χ2v) is 6.34. The highest BCUT2D eigenvalue weighted by atomic mass is 16.5. The molecule has 0 spiro atoms. The van der Waals surface area contributed by atoms with Crippen molar-refractivity contribution in [2.45, 2.75) is 13.5 Å². The van der Waals surface area contributed by atoms with Crippen LogP contribution in [0, 0.1) is 6.92 Å². The average Bonchev–Trinajstić information content (AvgIpc) is 3.12. The predicted molar refractivity (Wildman–Crippen MR) is 105 cm³/mol. The fraction of sp³-hybridized carbons (Fsp3) is 0.200. The van der Waals surface area contributed by atoms with Gasteiger partial charge in [-0.25, -0.2) is 9.48 Å². The first-order valence-corrected chi connectivity index (χ1v) is 8.64. The molecule has 0 fully saturated rings. The Labute approximate surface area is 166 Å². The summed E-state index contributed by atoms with van der Waals surface area (Å²) in [5.74, 6) is -0.813. The number of methoxy groups -OCH3 is 2. The molecule has 0 unspecified atom stereocenters. The number of carbonyl (C=O) groups is 2. The van der Waals surface area contributed by atoms with Crippen LogP contribution in [0.25, 0.3) is 0 Å². The van der Waals surface area contributed by atoms with Gasteiger partial charge in [-0.1, -0.05) is 17.3 Å². The Morgan fingerprint density at radius 3 is 2.41 bits per heavy atom. The van der Waals surface area contributed by atoms with Crippen LogP contribution in [0.4, 0.5) is 5.69 Å². The fourth-order valence-corrected chi connectivity index (χ4v) is 2.95. The van der Waals surface area contributed by atoms with Gasteiger partial charge in [0.2, 0.25) is 11.5 Å². The molecule has 3 aromatic rings. The van der Waals surface area contributed by atoms with E-state index in [-0.39, 0.29) is 23.5 Å². The lowest BCUT2D eigenvalue weighted by Gasteiger charge is -2.12. The standard InChI is InChI=1S/C20H20N4O5/c1-11-8-15(21)14(9-16(11)29-3)19(25)18-17(20(26)27)22-23-24(18)10-12-4-6-13(28-2)7-5-12/h4-9H,10,21H2,1-3H3,(H,26,27). The molecule has 2 aromatic carbocycles. The fourth-order valence-electron chi connectivity index (χ4n) is 2.95. The molecule has 150 valence electrons. The summed E-state index contributed by atoms with van der Waals surface area (Å²) >= 11 is 0. The number of carboxylic acids is 1. The maximum absolute atomic E-state index is 13.2. The van der Waals surface area contributed by atoms with E-state index >= 15 is 0 Å². The molecule has 9 heteroatoms. The second kappa shape index (κ2) is 8.01. The van der Waals surface area contributed by atoms with E-state index in [0.29, 0.717) is 11.5 Å². The number of aromatic carboxylic acids is 1. The van der Waals surface area contributed by atoms with Crippen LogP contribution in [0.5, 0.6) is 11.5 Å². The van der Waals surface area contributed by atoms with Crippen molar-refractivity contribution in [1.82, 2.24) is 15.0 Å². The number of nitrogen functional groups attached to an aromatic ring is 1. The van der Waals surface area contributed by atoms with Gasteiger partial charge in [0.25, 0.3) is 0 Å². The first kappa shape index (κ1) is 19.9. The van der Waals surface area contributed by atoms with Crippen LogP contribution < -0.4 is 15.2 Å². The van der Waals surface area contributed by atoms with Crippen LogP contribution in [0.15, 0.2) is 36.4 Å². The number of aromatic nitrogens is 3. The Bertz CT molecular complexity index is 1070. The Kier molecular flexibility index (Phi) is 5.49. The second-order valence-electron chi connectivity index (χ2n) is 6.34. The summed E-state index contributed by atoms with van der Waals surface area (Å²) in [5.41, 5.74) is 7.29. The zero-order chi connectivity index (χ0) is 21.1. The van der Waals surface area contributed by atoms with Crippen molar-refractivity contribution in [3.8, 4) is 11.5 Å². The number of carboxylic acid groups (broad SMARTS) is 1. The summed E-state index contributed by atoms with van der Waals surface area (Å²) in [7, 11) is 3.04. The molecule has 0 atom stereocenters. The van der Waals surface area contributed by atoms with Gasteiger partial charge in [0, 0.05) is 5.69 Å². The lowest BCUT2D eigenvalue weighted by molar-refractivity contribution is 0.0686. The normalized spacial score (nSPS) is 10.6. The van der Waals surface area contributed by atoms with E-state index in [1.807, 2.05) is 0 Å². The average molecular weight is 396 g/mol. The molecular formula is C20H20N4O5. The van der Waals surface area contributed by atoms with Crippen molar-refractivity contribution in [3.63, 3.8) is 0 Å². The molecule has 0 aliphatic carbocycles. The highest BCUT2D eigenvalue weighted by Crippen LogP contribution is 2.27. The smallest absolute Gasteiger partial charge is 0.358 e. The third-order valence-electron chi connectivity index (χ3n) is 4.46. The van der Waals surface area contributed by atoms with Gasteiger partial charge in [0.15, 0.2) is 0 Å². The van der Waals surface area contributed by atoms with E-state index in [9.17, 15) is 14.7 Å². The number of hydrogen-bond donors (Lipinski definition) is 2. The van der Waals surface area contributed by atoms with Gasteiger partial charge >= 0.3 is 5.97 Å². The quantitative estimate of drug-likeness (QED) is 0.459. The molecule has 3 N–H and O–H groups in total. The summed E-state index contributed by atoms with van der Waals surface area (Å²) in [4.78, 5) is 24.9. The number of ether oxygens (including phenoxy) is 2. The van der Waals surface area contributed by atoms with E-state index in [1.165, 1.54) is 17.9 Å². The monoisotopic (exact) mass is 396 g/mol. The van der Waals surface area contributed by atoms with Gasteiger partial charge in [0.1, 0.15) is 17.2 Å². The van der Waals surface area contributed by atoms with Crippen molar-refractivity contribution in [2.24, 2.45) is 0 Å². The third kappa shape index (κ3) is 3.88. The summed E-state index contributed by atoms with van der Waals surface area (Å²) in [6, 6.07) is 10.2. The molecule has 1 aromatic heterocycles. The molecule has 0 aliphatic rings. The molecule has 0 saturated carbocycles. The minimum atomic E-state index is -1.35. The number of ketones is 1. The molecular weight excluding hydrogens is 376 g/mol. The van der Waals surface area contributed by atoms with Crippen molar-refractivity contribution in [2.75, 3.05) is 20.0 Å². The van der Waals surface area contributed by atoms with Crippen molar-refractivity contribution in [3.05, 3.63) is 64.5 Å². The van der Waals surface area contributed by atoms with E-state index in [0.717, 1.165) is 11.1 Å². The lowest BCUT2D eigenvalue weighted by Crippen LogP contribution is -2.17. The Morgan fingerprint density at radius 1 is 1.14 bits per heavy atom. The maximum Gasteiger partial charge on any atom is 0.358 e. The maximum atomic E-state index is 13.2. The van der Waals surface area contributed by atoms with E-state index in [1.54, 1.807) is 44.4 Å². The third-order valence-corrected chi connectivity index (χ3v) is 4.46. The molecule has 0 aliphatic heterocycles. The minimum absolute atomic E-state index is 0.119. The number of nitrogens with zero attached hydrogens (tertiary/aromatic N) is 3. The first-order chi connectivity index (χ1) is 13.8. The van der Waals surface area contributed by atoms with Gasteiger partial charge in [-0.3, -0.25) is 4.79 Å². The number of hydrogen-bond acceptors (Lipinski definition) is 7. The van der Waals surface area contributed by atoms with Gasteiger partial charge in [-0.05, 0) is 42.3 Å². The summed E-state index contributed by atoms with van der Waals surface area (Å²) in [6.45, 7) is 1.94. The van der Waals surface area contributed by atoms with E-state index < -0.39 is 17.4 Å². The van der Waals surface area contributed by atoms with Crippen LogP contribution in [0.2, 0.25) is 0 Å². The Hall–Kier alpha value is -3.88. The van der Waals surface area contributed by atoms with Crippen molar-refractivity contribution in [1.29, 1.82) is 0 Å². The SMILES string of the molecule is COc1ccc(Cn2nnc(C(=O)O)c2C(=O)c2cc(OC)c(C)cc2N)cc1. The number of benzene rings is 2. The summed E-state index contributed by atoms with van der Waals surface area (Å²) in [6.07, 6.45) is 0. The van der Waals surface area contributed by atoms with Crippen LogP contribution >= 0.6 is 0 Å². The highest BCUT2D eigenvalue weighted by Gasteiger charge is 2.28. The molecule has 0 radical (unpaired) electrons. The Morgan fingerprint density at radius 2 is 1.83 bits per heavy atom. The van der Waals surface area contributed by atoms with Gasteiger partial charge in [-0.2, -0.15) is 0 Å². The largest absolute Gasteiger partial charge is 0.497 e. The molecule has 9 nitrogen and oxygen atoms in total. The molecule has 29 heavy (non-hydrogen) atoms. The topological polar surface area (TPSA) is 130 Å². The van der Waals surface area contributed by atoms with Gasteiger partial charge in [0.05, 0.1) is 26.3 Å². The first-order valence-electron chi connectivity index (χ1n) is 8.64. The predicted octanol–water partition coefficient (Wildman–Crippen LogP) is 2.16. The number of aryl methyl sites for hydroxylation is 1. The van der Waals surface area contributed by atoms with Crippen LogP contribution in [-0.2, 0) is 6.54 Å².